The minimum atomic E-state index is -5.66. The van der Waals surface area contributed by atoms with Crippen LogP contribution in [0.2, 0.25) is 0 Å². The van der Waals surface area contributed by atoms with Crippen molar-refractivity contribution in [3.05, 3.63) is 74.8 Å². The Morgan fingerprint density at radius 1 is 1.14 bits per heavy atom. The summed E-state index contributed by atoms with van der Waals surface area (Å²) in [5.41, 5.74) is -8.04. The number of halogens is 3. The predicted octanol–water partition coefficient (Wildman–Crippen LogP) is 0.824. The highest BCUT2D eigenvalue weighted by Gasteiger charge is 2.69. The highest BCUT2D eigenvalue weighted by molar-refractivity contribution is 7.89. The van der Waals surface area contributed by atoms with Gasteiger partial charge >= 0.3 is 11.9 Å². The number of H-pyrrole nitrogens is 1. The molecule has 0 fully saturated rings. The number of benzene rings is 1. The molecule has 0 bridgehead atoms. The topological polar surface area (TPSA) is 172 Å². The van der Waals surface area contributed by atoms with Crippen molar-refractivity contribution in [2.75, 3.05) is 10.6 Å². The molecule has 1 aliphatic rings. The van der Waals surface area contributed by atoms with E-state index >= 15 is 0 Å². The second-order valence-corrected chi connectivity index (χ2v) is 9.34. The number of alkyl halides is 3. The largest absolute Gasteiger partial charge is 0.467 e. The van der Waals surface area contributed by atoms with E-state index in [2.05, 4.69) is 5.32 Å². The lowest BCUT2D eigenvalue weighted by Gasteiger charge is -2.29. The average molecular weight is 527 g/mol. The number of nitrogens with one attached hydrogen (secondary N) is 4. The molecule has 0 unspecified atom stereocenters. The molecule has 1 atom stereocenters. The number of carbonyl (C=O) groups excluding carboxylic acids is 2. The van der Waals surface area contributed by atoms with E-state index in [4.69, 9.17) is 4.42 Å². The van der Waals surface area contributed by atoms with E-state index < -0.39 is 67.6 Å². The first kappa shape index (κ1) is 24.9. The molecule has 0 spiro atoms. The quantitative estimate of drug-likeness (QED) is 0.367. The van der Waals surface area contributed by atoms with Gasteiger partial charge in [-0.3, -0.25) is 23.9 Å². The van der Waals surface area contributed by atoms with Crippen LogP contribution < -0.4 is 26.6 Å². The van der Waals surface area contributed by atoms with Gasteiger partial charge in [-0.05, 0) is 36.4 Å². The van der Waals surface area contributed by atoms with Crippen molar-refractivity contribution in [1.29, 1.82) is 0 Å². The lowest BCUT2D eigenvalue weighted by atomic mass is 9.94. The van der Waals surface area contributed by atoms with Crippen molar-refractivity contribution in [3.63, 3.8) is 0 Å². The molecule has 190 valence electrons. The van der Waals surface area contributed by atoms with Gasteiger partial charge in [-0.25, -0.2) is 13.2 Å². The Balaban J connectivity index is 1.87. The number of fused-ring (bicyclic) bond motifs is 1. The number of hydrogen-bond donors (Lipinski definition) is 4. The maximum absolute atomic E-state index is 14.5. The Hall–Kier alpha value is -4.18. The first-order valence-electron chi connectivity index (χ1n) is 9.96. The summed E-state index contributed by atoms with van der Waals surface area (Å²) < 4.78 is 76.4. The van der Waals surface area contributed by atoms with E-state index in [0.29, 0.717) is 4.57 Å². The van der Waals surface area contributed by atoms with Crippen LogP contribution in [0.5, 0.6) is 0 Å². The van der Waals surface area contributed by atoms with Crippen molar-refractivity contribution in [2.45, 2.75) is 30.1 Å². The summed E-state index contributed by atoms with van der Waals surface area (Å²) in [5.74, 6) is -3.15. The zero-order valence-corrected chi connectivity index (χ0v) is 18.9. The summed E-state index contributed by atoms with van der Waals surface area (Å²) in [6, 6.07) is 6.86. The van der Waals surface area contributed by atoms with Gasteiger partial charge in [0.1, 0.15) is 11.6 Å². The third-order valence-corrected chi connectivity index (χ3v) is 6.71. The number of hydrogen-bond acceptors (Lipinski definition) is 7. The number of anilines is 2. The van der Waals surface area contributed by atoms with E-state index in [0.717, 1.165) is 24.3 Å². The molecule has 0 radical (unpaired) electrons. The van der Waals surface area contributed by atoms with Gasteiger partial charge in [0.05, 0.1) is 23.3 Å². The molecule has 3 heterocycles. The van der Waals surface area contributed by atoms with E-state index in [1.54, 1.807) is 4.98 Å². The van der Waals surface area contributed by atoms with Crippen molar-refractivity contribution < 1.29 is 35.6 Å². The van der Waals surface area contributed by atoms with Gasteiger partial charge in [0.2, 0.25) is 21.5 Å². The van der Waals surface area contributed by atoms with Crippen molar-refractivity contribution in [3.8, 4) is 0 Å². The maximum Gasteiger partial charge on any atom is 0.421 e. The van der Waals surface area contributed by atoms with E-state index in [9.17, 15) is 40.8 Å². The Morgan fingerprint density at radius 2 is 1.81 bits per heavy atom. The number of aromatic amines is 1. The monoisotopic (exact) mass is 527 g/mol. The highest BCUT2D eigenvalue weighted by atomic mass is 32.2. The molecule has 4 rings (SSSR count). The molecule has 3 aromatic rings. The number of nitrogens with zero attached hydrogens (tertiary/aromatic N) is 1. The Labute approximate surface area is 199 Å². The molecule has 12 nitrogen and oxygen atoms in total. The van der Waals surface area contributed by atoms with Gasteiger partial charge in [-0.1, -0.05) is 0 Å². The summed E-state index contributed by atoms with van der Waals surface area (Å²) >= 11 is 0. The fourth-order valence-corrected chi connectivity index (χ4v) is 5.01. The minimum absolute atomic E-state index is 0.102. The van der Waals surface area contributed by atoms with E-state index in [-0.39, 0.29) is 11.4 Å². The Kier molecular flexibility index (Phi) is 5.88. The molecule has 36 heavy (non-hydrogen) atoms. The molecule has 1 aliphatic heterocycles. The first-order valence-corrected chi connectivity index (χ1v) is 11.4. The van der Waals surface area contributed by atoms with Crippen molar-refractivity contribution >= 4 is 33.3 Å². The summed E-state index contributed by atoms with van der Waals surface area (Å²) in [6.07, 6.45) is -4.43. The van der Waals surface area contributed by atoms with Gasteiger partial charge in [-0.15, -0.1) is 0 Å². The molecule has 0 aliphatic carbocycles. The fraction of sp³-hybridized carbons (Fsp3) is 0.200. The highest BCUT2D eigenvalue weighted by Crippen LogP contribution is 2.45. The summed E-state index contributed by atoms with van der Waals surface area (Å²) in [6.45, 7) is 0.717. The number of amides is 2. The van der Waals surface area contributed by atoms with Crippen LogP contribution in [-0.4, -0.2) is 36.0 Å². The lowest BCUT2D eigenvalue weighted by Crippen LogP contribution is -2.61. The van der Waals surface area contributed by atoms with Gasteiger partial charge in [0.15, 0.2) is 0 Å². The number of aromatic nitrogens is 2. The third kappa shape index (κ3) is 4.09. The summed E-state index contributed by atoms with van der Waals surface area (Å²) in [4.78, 5) is 49.9. The van der Waals surface area contributed by atoms with Crippen LogP contribution in [0.25, 0.3) is 0 Å². The number of carbonyl (C=O) groups is 2. The van der Waals surface area contributed by atoms with Crippen LogP contribution in [0.1, 0.15) is 18.2 Å². The molecule has 4 N–H and O–H groups in total. The van der Waals surface area contributed by atoms with Crippen molar-refractivity contribution in [1.82, 2.24) is 14.3 Å². The maximum atomic E-state index is 14.5. The normalized spacial score (nSPS) is 17.5. The van der Waals surface area contributed by atoms with Crippen LogP contribution in [0, 0.1) is 0 Å². The zero-order valence-electron chi connectivity index (χ0n) is 18.1. The zero-order chi connectivity index (χ0) is 26.5. The number of rotatable bonds is 6. The van der Waals surface area contributed by atoms with Crippen LogP contribution >= 0.6 is 0 Å². The molecular weight excluding hydrogens is 511 g/mol. The minimum Gasteiger partial charge on any atom is -0.467 e. The lowest BCUT2D eigenvalue weighted by molar-refractivity contribution is -0.194. The van der Waals surface area contributed by atoms with Crippen LogP contribution in [0.15, 0.2) is 61.6 Å². The molecular formula is C20H16F3N5O7S. The smallest absolute Gasteiger partial charge is 0.421 e. The first-order chi connectivity index (χ1) is 16.8. The van der Waals surface area contributed by atoms with Gasteiger partial charge in [-0.2, -0.15) is 17.9 Å². The van der Waals surface area contributed by atoms with Gasteiger partial charge in [0, 0.05) is 12.6 Å². The average Bonchev–Trinajstić information content (AvgIpc) is 3.37. The van der Waals surface area contributed by atoms with Crippen molar-refractivity contribution in [2.24, 2.45) is 0 Å². The second-order valence-electron chi connectivity index (χ2n) is 7.66. The molecule has 0 saturated heterocycles. The molecule has 16 heteroatoms. The molecule has 0 saturated carbocycles. The standard InChI is InChI=1S/C20H16F3N5O7S/c1-10(29)24-11-4-6-13(7-5-11)36(33,34)27-19(20(21,22)23)14-15(25-17(19)31)28(18(32)26-16(14)30)9-12-3-2-8-35-12/h2-8,27H,9H2,1H3,(H,24,29)(H,25,31)(H,26,30,32)/t19-/m1/s1. The Morgan fingerprint density at radius 3 is 2.36 bits per heavy atom. The predicted molar refractivity (Wildman–Crippen MR) is 117 cm³/mol. The Bertz CT molecular complexity index is 1580. The molecule has 2 aromatic heterocycles. The molecule has 2 amide bonds. The summed E-state index contributed by atoms with van der Waals surface area (Å²) in [7, 11) is -5.10. The number of sulfonamides is 1. The summed E-state index contributed by atoms with van der Waals surface area (Å²) in [5, 5.41) is 4.19. The van der Waals surface area contributed by atoms with Gasteiger partial charge < -0.3 is 15.1 Å². The van der Waals surface area contributed by atoms with E-state index in [1.807, 2.05) is 5.32 Å². The van der Waals surface area contributed by atoms with Crippen LogP contribution in [-0.2, 0) is 31.7 Å². The SMILES string of the molecule is CC(=O)Nc1ccc(S(=O)(=O)N[C@@]2(C(F)(F)F)C(=O)Nc3c2c(=O)[nH]c(=O)n3Cc2ccco2)cc1. The fourth-order valence-electron chi connectivity index (χ4n) is 3.68. The molecule has 1 aromatic carbocycles. The van der Waals surface area contributed by atoms with Crippen LogP contribution in [0.4, 0.5) is 24.7 Å². The van der Waals surface area contributed by atoms with Crippen LogP contribution in [0.3, 0.4) is 0 Å². The van der Waals surface area contributed by atoms with Gasteiger partial charge in [0.25, 0.3) is 11.5 Å². The third-order valence-electron chi connectivity index (χ3n) is 5.24. The second kappa shape index (κ2) is 8.49. The number of furan rings is 1. The van der Waals surface area contributed by atoms with E-state index in [1.165, 1.54) is 30.0 Å².